The highest BCUT2D eigenvalue weighted by Gasteiger charge is 2.21. The predicted molar refractivity (Wildman–Crippen MR) is 54.8 cm³/mol. The summed E-state index contributed by atoms with van der Waals surface area (Å²) in [5.41, 5.74) is 5.38. The Kier molecular flexibility index (Phi) is 4.90. The molecule has 0 heterocycles. The van der Waals surface area contributed by atoms with Crippen LogP contribution in [-0.4, -0.2) is 31.7 Å². The van der Waals surface area contributed by atoms with Gasteiger partial charge in [-0.2, -0.15) is 0 Å². The first-order valence-corrected chi connectivity index (χ1v) is 5.29. The summed E-state index contributed by atoms with van der Waals surface area (Å²) in [6, 6.07) is 0.0610. The molecule has 1 saturated carbocycles. The van der Waals surface area contributed by atoms with Crippen molar-refractivity contribution in [3.05, 3.63) is 0 Å². The fourth-order valence-corrected chi connectivity index (χ4v) is 1.11. The Hall–Kier alpha value is -0.610. The first-order valence-electron chi connectivity index (χ1n) is 5.29. The van der Waals surface area contributed by atoms with Crippen LogP contribution in [0, 0.1) is 5.92 Å². The Morgan fingerprint density at radius 1 is 1.64 bits per heavy atom. The molecule has 1 amide bonds. The standard InChI is InChI=1S/C10H20N2O2/c1-8(6-11)12-10(13)4-5-14-7-9-2-3-9/h8-9H,2-7,11H2,1H3,(H,12,13)/t8-/m0/s1. The van der Waals surface area contributed by atoms with E-state index in [1.807, 2.05) is 6.92 Å². The summed E-state index contributed by atoms with van der Waals surface area (Å²) in [6.07, 6.45) is 3.02. The van der Waals surface area contributed by atoms with Gasteiger partial charge in [-0.25, -0.2) is 0 Å². The van der Waals surface area contributed by atoms with Gasteiger partial charge in [-0.3, -0.25) is 4.79 Å². The molecule has 14 heavy (non-hydrogen) atoms. The van der Waals surface area contributed by atoms with Gasteiger partial charge >= 0.3 is 0 Å². The van der Waals surface area contributed by atoms with Gasteiger partial charge in [-0.05, 0) is 25.7 Å². The Labute approximate surface area is 85.2 Å². The molecule has 1 aliphatic rings. The zero-order chi connectivity index (χ0) is 10.4. The van der Waals surface area contributed by atoms with Gasteiger partial charge in [0.2, 0.25) is 5.91 Å². The third-order valence-corrected chi connectivity index (χ3v) is 2.28. The van der Waals surface area contributed by atoms with E-state index in [1.165, 1.54) is 12.8 Å². The molecule has 0 aromatic heterocycles. The summed E-state index contributed by atoms with van der Waals surface area (Å²) in [5.74, 6) is 0.791. The molecule has 0 bridgehead atoms. The van der Waals surface area contributed by atoms with E-state index in [1.54, 1.807) is 0 Å². The number of nitrogens with two attached hydrogens (primary N) is 1. The molecular weight excluding hydrogens is 180 g/mol. The normalized spacial score (nSPS) is 17.9. The van der Waals surface area contributed by atoms with Crippen LogP contribution in [0.2, 0.25) is 0 Å². The van der Waals surface area contributed by atoms with Crippen molar-refractivity contribution < 1.29 is 9.53 Å². The number of carbonyl (C=O) groups is 1. The first-order chi connectivity index (χ1) is 6.72. The highest BCUT2D eigenvalue weighted by Crippen LogP contribution is 2.28. The van der Waals surface area contributed by atoms with Crippen molar-refractivity contribution >= 4 is 5.91 Å². The van der Waals surface area contributed by atoms with Gasteiger partial charge in [0.1, 0.15) is 0 Å². The van der Waals surface area contributed by atoms with Gasteiger partial charge in [0.05, 0.1) is 6.61 Å². The maximum absolute atomic E-state index is 11.2. The summed E-state index contributed by atoms with van der Waals surface area (Å²) in [5, 5.41) is 2.79. The molecule has 0 spiro atoms. The second-order valence-electron chi connectivity index (χ2n) is 3.97. The van der Waals surface area contributed by atoms with Gasteiger partial charge in [0.25, 0.3) is 0 Å². The van der Waals surface area contributed by atoms with Crippen LogP contribution in [0.15, 0.2) is 0 Å². The molecule has 1 rings (SSSR count). The minimum atomic E-state index is 0.0266. The summed E-state index contributed by atoms with van der Waals surface area (Å²) >= 11 is 0. The smallest absolute Gasteiger partial charge is 0.222 e. The van der Waals surface area contributed by atoms with E-state index in [0.29, 0.717) is 19.6 Å². The van der Waals surface area contributed by atoms with Crippen molar-refractivity contribution in [2.75, 3.05) is 19.8 Å². The summed E-state index contributed by atoms with van der Waals surface area (Å²) in [7, 11) is 0. The van der Waals surface area contributed by atoms with E-state index in [4.69, 9.17) is 10.5 Å². The van der Waals surface area contributed by atoms with Gasteiger partial charge in [-0.15, -0.1) is 0 Å². The van der Waals surface area contributed by atoms with Crippen molar-refractivity contribution in [3.8, 4) is 0 Å². The number of nitrogens with one attached hydrogen (secondary N) is 1. The number of ether oxygens (including phenoxy) is 1. The van der Waals surface area contributed by atoms with Crippen LogP contribution in [0.1, 0.15) is 26.2 Å². The molecule has 0 aliphatic heterocycles. The lowest BCUT2D eigenvalue weighted by Gasteiger charge is -2.10. The molecule has 0 radical (unpaired) electrons. The van der Waals surface area contributed by atoms with Crippen molar-refractivity contribution in [1.29, 1.82) is 0 Å². The number of hydrogen-bond donors (Lipinski definition) is 2. The average molecular weight is 200 g/mol. The maximum Gasteiger partial charge on any atom is 0.222 e. The molecular formula is C10H20N2O2. The zero-order valence-corrected chi connectivity index (χ0v) is 8.79. The van der Waals surface area contributed by atoms with Crippen LogP contribution in [0.3, 0.4) is 0 Å². The molecule has 1 fully saturated rings. The van der Waals surface area contributed by atoms with E-state index in [0.717, 1.165) is 12.5 Å². The molecule has 0 saturated heterocycles. The van der Waals surface area contributed by atoms with Crippen LogP contribution in [0.4, 0.5) is 0 Å². The number of amides is 1. The van der Waals surface area contributed by atoms with Crippen LogP contribution in [-0.2, 0) is 9.53 Å². The second kappa shape index (κ2) is 5.98. The van der Waals surface area contributed by atoms with Gasteiger partial charge in [0.15, 0.2) is 0 Å². The van der Waals surface area contributed by atoms with Crippen molar-refractivity contribution in [1.82, 2.24) is 5.32 Å². The zero-order valence-electron chi connectivity index (χ0n) is 8.79. The summed E-state index contributed by atoms with van der Waals surface area (Å²) in [6.45, 7) is 3.72. The summed E-state index contributed by atoms with van der Waals surface area (Å²) in [4.78, 5) is 11.2. The quantitative estimate of drug-likeness (QED) is 0.580. The van der Waals surface area contributed by atoms with Gasteiger partial charge < -0.3 is 15.8 Å². The van der Waals surface area contributed by atoms with Gasteiger partial charge in [0, 0.05) is 25.6 Å². The van der Waals surface area contributed by atoms with Crippen LogP contribution in [0.25, 0.3) is 0 Å². The molecule has 0 aromatic rings. The molecule has 4 heteroatoms. The molecule has 3 N–H and O–H groups in total. The molecule has 0 unspecified atom stereocenters. The highest BCUT2D eigenvalue weighted by molar-refractivity contribution is 5.76. The Morgan fingerprint density at radius 2 is 2.36 bits per heavy atom. The Bertz CT molecular complexity index is 181. The van der Waals surface area contributed by atoms with E-state index >= 15 is 0 Å². The lowest BCUT2D eigenvalue weighted by molar-refractivity contribution is -0.122. The maximum atomic E-state index is 11.2. The number of carbonyl (C=O) groups excluding carboxylic acids is 1. The Morgan fingerprint density at radius 3 is 2.93 bits per heavy atom. The summed E-state index contributed by atoms with van der Waals surface area (Å²) < 4.78 is 5.35. The van der Waals surface area contributed by atoms with E-state index < -0.39 is 0 Å². The lowest BCUT2D eigenvalue weighted by Crippen LogP contribution is -2.38. The fraction of sp³-hybridized carbons (Fsp3) is 0.900. The minimum absolute atomic E-state index is 0.0266. The largest absolute Gasteiger partial charge is 0.381 e. The van der Waals surface area contributed by atoms with Crippen LogP contribution in [0.5, 0.6) is 0 Å². The van der Waals surface area contributed by atoms with E-state index in [9.17, 15) is 4.79 Å². The topological polar surface area (TPSA) is 64.3 Å². The van der Waals surface area contributed by atoms with Gasteiger partial charge in [-0.1, -0.05) is 0 Å². The number of hydrogen-bond acceptors (Lipinski definition) is 3. The Balaban J connectivity index is 1.91. The minimum Gasteiger partial charge on any atom is -0.381 e. The van der Waals surface area contributed by atoms with Crippen molar-refractivity contribution in [2.24, 2.45) is 11.7 Å². The lowest BCUT2D eigenvalue weighted by atomic mass is 10.3. The third-order valence-electron chi connectivity index (χ3n) is 2.28. The van der Waals surface area contributed by atoms with Crippen molar-refractivity contribution in [2.45, 2.75) is 32.2 Å². The third kappa shape index (κ3) is 5.19. The first kappa shape index (κ1) is 11.5. The molecule has 82 valence electrons. The molecule has 1 atom stereocenters. The number of rotatable bonds is 7. The molecule has 1 aliphatic carbocycles. The van der Waals surface area contributed by atoms with Crippen LogP contribution >= 0.6 is 0 Å². The molecule has 0 aromatic carbocycles. The monoisotopic (exact) mass is 200 g/mol. The highest BCUT2D eigenvalue weighted by atomic mass is 16.5. The fourth-order valence-electron chi connectivity index (χ4n) is 1.11. The second-order valence-corrected chi connectivity index (χ2v) is 3.97. The van der Waals surface area contributed by atoms with Crippen molar-refractivity contribution in [3.63, 3.8) is 0 Å². The van der Waals surface area contributed by atoms with E-state index in [-0.39, 0.29) is 11.9 Å². The average Bonchev–Trinajstić information content (AvgIpc) is 2.96. The molecule has 4 nitrogen and oxygen atoms in total. The van der Waals surface area contributed by atoms with Crippen LogP contribution < -0.4 is 11.1 Å². The predicted octanol–water partition coefficient (Wildman–Crippen LogP) is 0.267. The van der Waals surface area contributed by atoms with E-state index in [2.05, 4.69) is 5.32 Å². The SMILES string of the molecule is C[C@@H](CN)NC(=O)CCOCC1CC1.